The molecule has 0 radical (unpaired) electrons. The van der Waals surface area contributed by atoms with Gasteiger partial charge >= 0.3 is 5.69 Å². The van der Waals surface area contributed by atoms with Crippen molar-refractivity contribution >= 4 is 43.1 Å². The molecule has 0 saturated heterocycles. The first-order chi connectivity index (χ1) is 15.9. The standard InChI is InChI=1S/C24H20BrN5O2S/c1-24(2)10-17-18(13-32-24)33-22-19(17)21-27-20(15-4-3-9-26-11-15)28-30(21)23(31)29(22)12-14-5-7-16(25)8-6-14/h3-9,11H,10,12-13H2,1-2H3. The summed E-state index contributed by atoms with van der Waals surface area (Å²) < 4.78 is 10.3. The predicted molar refractivity (Wildman–Crippen MR) is 132 cm³/mol. The molecule has 0 atom stereocenters. The summed E-state index contributed by atoms with van der Waals surface area (Å²) in [5, 5.41) is 5.60. The van der Waals surface area contributed by atoms with Crippen LogP contribution in [0.3, 0.4) is 0 Å². The van der Waals surface area contributed by atoms with Crippen molar-refractivity contribution in [3.8, 4) is 11.4 Å². The number of hydrogen-bond acceptors (Lipinski definition) is 6. The molecular weight excluding hydrogens is 502 g/mol. The number of aromatic nitrogens is 5. The molecular formula is C24H20BrN5O2S. The first-order valence-electron chi connectivity index (χ1n) is 10.6. The minimum absolute atomic E-state index is 0.207. The van der Waals surface area contributed by atoms with Crippen molar-refractivity contribution in [2.75, 3.05) is 0 Å². The van der Waals surface area contributed by atoms with Crippen LogP contribution in [0.25, 0.3) is 27.3 Å². The second kappa shape index (κ2) is 7.58. The van der Waals surface area contributed by atoms with Crippen LogP contribution in [0.2, 0.25) is 0 Å². The smallest absolute Gasteiger partial charge is 0.352 e. The average molecular weight is 522 g/mol. The van der Waals surface area contributed by atoms with E-state index in [2.05, 4.69) is 39.9 Å². The average Bonchev–Trinajstić information content (AvgIpc) is 3.40. The van der Waals surface area contributed by atoms with E-state index in [9.17, 15) is 4.79 Å². The quantitative estimate of drug-likeness (QED) is 0.340. The molecule has 5 aromatic rings. The van der Waals surface area contributed by atoms with E-state index >= 15 is 0 Å². The maximum absolute atomic E-state index is 13.7. The Morgan fingerprint density at radius 2 is 2.03 bits per heavy atom. The molecule has 1 aliphatic heterocycles. The van der Waals surface area contributed by atoms with Gasteiger partial charge in [-0.1, -0.05) is 28.1 Å². The van der Waals surface area contributed by atoms with Crippen LogP contribution < -0.4 is 5.69 Å². The molecule has 6 rings (SSSR count). The molecule has 0 fully saturated rings. The predicted octanol–water partition coefficient (Wildman–Crippen LogP) is 4.83. The topological polar surface area (TPSA) is 74.3 Å². The van der Waals surface area contributed by atoms with E-state index in [1.54, 1.807) is 23.7 Å². The molecule has 0 saturated carbocycles. The zero-order valence-corrected chi connectivity index (χ0v) is 20.5. The molecule has 4 aromatic heterocycles. The third-order valence-corrected chi connectivity index (χ3v) is 7.69. The van der Waals surface area contributed by atoms with Crippen molar-refractivity contribution in [3.05, 3.63) is 79.8 Å². The van der Waals surface area contributed by atoms with Gasteiger partial charge in [0.15, 0.2) is 11.5 Å². The fourth-order valence-corrected chi connectivity index (χ4v) is 5.78. The molecule has 1 aliphatic rings. The number of pyridine rings is 1. The molecule has 5 heterocycles. The number of halogens is 1. The van der Waals surface area contributed by atoms with E-state index in [1.165, 1.54) is 10.1 Å². The molecule has 0 spiro atoms. The summed E-state index contributed by atoms with van der Waals surface area (Å²) in [4.78, 5) is 24.7. The van der Waals surface area contributed by atoms with Gasteiger partial charge in [-0.2, -0.15) is 4.52 Å². The molecule has 0 bridgehead atoms. The van der Waals surface area contributed by atoms with Crippen LogP contribution in [0.4, 0.5) is 0 Å². The molecule has 0 unspecified atom stereocenters. The highest BCUT2D eigenvalue weighted by molar-refractivity contribution is 9.10. The van der Waals surface area contributed by atoms with Crippen LogP contribution in [0.5, 0.6) is 0 Å². The molecule has 0 amide bonds. The van der Waals surface area contributed by atoms with Gasteiger partial charge in [0, 0.05) is 33.7 Å². The third-order valence-electron chi connectivity index (χ3n) is 5.93. The van der Waals surface area contributed by atoms with E-state index in [-0.39, 0.29) is 11.3 Å². The first kappa shape index (κ1) is 20.7. The SMILES string of the molecule is CC1(C)Cc2c(sc3c2c2nc(-c4cccnc4)nn2c(=O)n3Cc2ccc(Br)cc2)CO1. The van der Waals surface area contributed by atoms with Gasteiger partial charge in [0.25, 0.3) is 0 Å². The fraction of sp³-hybridized carbons (Fsp3) is 0.250. The Morgan fingerprint density at radius 3 is 2.79 bits per heavy atom. The summed E-state index contributed by atoms with van der Waals surface area (Å²) in [6, 6.07) is 11.8. The van der Waals surface area contributed by atoms with Crippen molar-refractivity contribution in [1.82, 2.24) is 24.1 Å². The zero-order valence-electron chi connectivity index (χ0n) is 18.1. The third kappa shape index (κ3) is 3.51. The highest BCUT2D eigenvalue weighted by atomic mass is 79.9. The molecule has 0 N–H and O–H groups in total. The van der Waals surface area contributed by atoms with Crippen molar-refractivity contribution in [3.63, 3.8) is 0 Å². The molecule has 7 nitrogen and oxygen atoms in total. The maximum atomic E-state index is 13.7. The minimum atomic E-state index is -0.281. The van der Waals surface area contributed by atoms with Gasteiger partial charge in [0.05, 0.1) is 24.1 Å². The molecule has 166 valence electrons. The number of benzene rings is 1. The molecule has 1 aromatic carbocycles. The molecule has 33 heavy (non-hydrogen) atoms. The molecule has 0 aliphatic carbocycles. The monoisotopic (exact) mass is 521 g/mol. The van der Waals surface area contributed by atoms with Gasteiger partial charge in [-0.3, -0.25) is 9.55 Å². The lowest BCUT2D eigenvalue weighted by Crippen LogP contribution is -2.31. The summed E-state index contributed by atoms with van der Waals surface area (Å²) in [6.07, 6.45) is 4.18. The normalized spacial score (nSPS) is 15.2. The highest BCUT2D eigenvalue weighted by Crippen LogP contribution is 2.40. The molecule has 9 heteroatoms. The second-order valence-corrected chi connectivity index (χ2v) is 10.8. The number of nitrogens with zero attached hydrogens (tertiary/aromatic N) is 5. The van der Waals surface area contributed by atoms with Crippen LogP contribution in [-0.4, -0.2) is 29.8 Å². The van der Waals surface area contributed by atoms with Crippen molar-refractivity contribution in [2.45, 2.75) is 39.0 Å². The Balaban J connectivity index is 1.65. The maximum Gasteiger partial charge on any atom is 0.352 e. The van der Waals surface area contributed by atoms with Crippen LogP contribution in [0.1, 0.15) is 29.9 Å². The van der Waals surface area contributed by atoms with Crippen LogP contribution in [0.15, 0.2) is 58.1 Å². The lowest BCUT2D eigenvalue weighted by molar-refractivity contribution is -0.0379. The summed E-state index contributed by atoms with van der Waals surface area (Å²) in [5.74, 6) is 0.495. The van der Waals surface area contributed by atoms with Gasteiger partial charge in [-0.05, 0) is 49.2 Å². The summed E-state index contributed by atoms with van der Waals surface area (Å²) in [7, 11) is 0. The number of thiophene rings is 1. The summed E-state index contributed by atoms with van der Waals surface area (Å²) in [6.45, 7) is 5.17. The first-order valence-corrected chi connectivity index (χ1v) is 12.2. The number of fused-ring (bicyclic) bond motifs is 5. The van der Waals surface area contributed by atoms with Gasteiger partial charge < -0.3 is 4.74 Å². The van der Waals surface area contributed by atoms with E-state index in [0.29, 0.717) is 24.6 Å². The van der Waals surface area contributed by atoms with Crippen LogP contribution in [-0.2, 0) is 24.3 Å². The van der Waals surface area contributed by atoms with Crippen molar-refractivity contribution < 1.29 is 4.74 Å². The van der Waals surface area contributed by atoms with Crippen LogP contribution >= 0.6 is 27.3 Å². The van der Waals surface area contributed by atoms with Gasteiger partial charge in [0.1, 0.15) is 4.83 Å². The Kier molecular flexibility index (Phi) is 4.76. The number of hydrogen-bond donors (Lipinski definition) is 0. The van der Waals surface area contributed by atoms with E-state index in [1.807, 2.05) is 41.0 Å². The van der Waals surface area contributed by atoms with Gasteiger partial charge in [-0.25, -0.2) is 9.78 Å². The van der Waals surface area contributed by atoms with E-state index in [0.717, 1.165) is 37.1 Å². The van der Waals surface area contributed by atoms with Crippen molar-refractivity contribution in [2.24, 2.45) is 0 Å². The van der Waals surface area contributed by atoms with Gasteiger partial charge in [0.2, 0.25) is 0 Å². The fourth-order valence-electron chi connectivity index (χ4n) is 4.30. The lowest BCUT2D eigenvalue weighted by atomic mass is 9.94. The zero-order chi connectivity index (χ0) is 22.7. The second-order valence-electron chi connectivity index (χ2n) is 8.82. The Morgan fingerprint density at radius 1 is 1.21 bits per heavy atom. The van der Waals surface area contributed by atoms with Gasteiger partial charge in [-0.15, -0.1) is 16.4 Å². The summed E-state index contributed by atoms with van der Waals surface area (Å²) >= 11 is 5.10. The summed E-state index contributed by atoms with van der Waals surface area (Å²) in [5.41, 5.74) is 3.12. The number of rotatable bonds is 3. The Labute approximate surface area is 201 Å². The van der Waals surface area contributed by atoms with Crippen molar-refractivity contribution in [1.29, 1.82) is 0 Å². The van der Waals surface area contributed by atoms with E-state index < -0.39 is 0 Å². The number of ether oxygens (including phenoxy) is 1. The minimum Gasteiger partial charge on any atom is -0.370 e. The Hall–Kier alpha value is -2.88. The largest absolute Gasteiger partial charge is 0.370 e. The van der Waals surface area contributed by atoms with Crippen LogP contribution in [0, 0.1) is 0 Å². The Bertz CT molecular complexity index is 1570. The van der Waals surface area contributed by atoms with E-state index in [4.69, 9.17) is 9.72 Å². The highest BCUT2D eigenvalue weighted by Gasteiger charge is 2.32. The lowest BCUT2D eigenvalue weighted by Gasteiger charge is -2.30.